The number of phenols is 1. The Labute approximate surface area is 244 Å². The minimum Gasteiger partial charge on any atom is -0.507 e. The Hall–Kier alpha value is -2.42. The van der Waals surface area contributed by atoms with Crippen molar-refractivity contribution in [3.05, 3.63) is 52.6 Å². The zero-order chi connectivity index (χ0) is 29.1. The molecule has 0 aromatic heterocycles. The van der Waals surface area contributed by atoms with Crippen LogP contribution >= 0.6 is 11.8 Å². The van der Waals surface area contributed by atoms with Gasteiger partial charge in [-0.3, -0.25) is 4.79 Å². The maximum atomic E-state index is 12.9. The quantitative estimate of drug-likeness (QED) is 0.242. The highest BCUT2D eigenvalue weighted by atomic mass is 32.2. The van der Waals surface area contributed by atoms with Crippen molar-refractivity contribution >= 4 is 17.7 Å². The van der Waals surface area contributed by atoms with Crippen molar-refractivity contribution in [3.8, 4) is 17.2 Å². The third kappa shape index (κ3) is 7.45. The Kier molecular flexibility index (Phi) is 9.63. The van der Waals surface area contributed by atoms with E-state index in [4.69, 9.17) is 14.5 Å². The van der Waals surface area contributed by atoms with E-state index in [2.05, 4.69) is 65.6 Å². The first-order chi connectivity index (χ1) is 18.8. The fourth-order valence-electron chi connectivity index (χ4n) is 5.16. The van der Waals surface area contributed by atoms with Gasteiger partial charge in [0.05, 0.1) is 5.75 Å². The lowest BCUT2D eigenvalue weighted by atomic mass is 9.78. The van der Waals surface area contributed by atoms with Crippen molar-refractivity contribution in [3.63, 3.8) is 0 Å². The molecule has 1 fully saturated rings. The molecule has 1 N–H and O–H groups in total. The molecule has 0 spiro atoms. The van der Waals surface area contributed by atoms with Gasteiger partial charge < -0.3 is 24.5 Å². The number of carbonyl (C=O) groups is 1. The van der Waals surface area contributed by atoms with Gasteiger partial charge in [-0.25, -0.2) is 0 Å². The molecule has 220 valence electrons. The molecule has 1 unspecified atom stereocenters. The molecule has 0 aliphatic carbocycles. The average molecular weight is 571 g/mol. The van der Waals surface area contributed by atoms with Gasteiger partial charge in [-0.15, -0.1) is 11.8 Å². The van der Waals surface area contributed by atoms with Crippen molar-refractivity contribution in [2.24, 2.45) is 0 Å². The van der Waals surface area contributed by atoms with E-state index in [0.29, 0.717) is 24.7 Å². The summed E-state index contributed by atoms with van der Waals surface area (Å²) >= 11 is 1.70. The van der Waals surface area contributed by atoms with Crippen LogP contribution in [0.3, 0.4) is 0 Å². The molecule has 2 heterocycles. The minimum atomic E-state index is -0.195. The second-order valence-corrected chi connectivity index (χ2v) is 14.1. The summed E-state index contributed by atoms with van der Waals surface area (Å²) in [5.74, 6) is 2.62. The molecule has 2 aliphatic rings. The highest BCUT2D eigenvalue weighted by Crippen LogP contribution is 2.45. The Morgan fingerprint density at radius 1 is 1.02 bits per heavy atom. The van der Waals surface area contributed by atoms with E-state index >= 15 is 0 Å². The van der Waals surface area contributed by atoms with Crippen LogP contribution in [0.2, 0.25) is 0 Å². The molecular weight excluding hydrogens is 524 g/mol. The van der Waals surface area contributed by atoms with Crippen LogP contribution in [0.4, 0.5) is 0 Å². The third-order valence-corrected chi connectivity index (χ3v) is 8.84. The maximum absolute atomic E-state index is 12.9. The van der Waals surface area contributed by atoms with E-state index in [1.807, 2.05) is 23.1 Å². The molecule has 8 heteroatoms. The Morgan fingerprint density at radius 3 is 2.40 bits per heavy atom. The third-order valence-electron chi connectivity index (χ3n) is 7.58. The van der Waals surface area contributed by atoms with Crippen LogP contribution < -0.4 is 9.62 Å². The standard InChI is InChI=1S/C32H46N2O5S/c1-31(2,3)25-17-23(18-26(29(25)36)32(4,5)6)30-34(28(35)21-40-30)14-10-8-9-13-33(7)15-16-37-24-12-11-22-20-38-39-27(22)19-24/h11-12,17-19,30,36H,8-10,13-16,20-21H2,1-7H3. The molecule has 0 saturated carbocycles. The molecule has 0 radical (unpaired) electrons. The number of likely N-dealkylation sites (N-methyl/N-ethyl adjacent to an activating group) is 1. The summed E-state index contributed by atoms with van der Waals surface area (Å²) in [4.78, 5) is 27.3. The van der Waals surface area contributed by atoms with Crippen LogP contribution in [-0.4, -0.2) is 59.9 Å². The molecular formula is C32H46N2O5S. The maximum Gasteiger partial charge on any atom is 0.233 e. The number of fused-ring (bicyclic) bond motifs is 1. The lowest BCUT2D eigenvalue weighted by molar-refractivity contribution is -0.194. The highest BCUT2D eigenvalue weighted by Gasteiger charge is 2.35. The second-order valence-electron chi connectivity index (χ2n) is 13.0. The predicted octanol–water partition coefficient (Wildman–Crippen LogP) is 6.57. The van der Waals surface area contributed by atoms with Gasteiger partial charge in [0.15, 0.2) is 5.75 Å². The number of aromatic hydroxyl groups is 1. The smallest absolute Gasteiger partial charge is 0.233 e. The fraction of sp³-hybridized carbons (Fsp3) is 0.594. The van der Waals surface area contributed by atoms with Gasteiger partial charge in [0, 0.05) is 24.7 Å². The molecule has 40 heavy (non-hydrogen) atoms. The van der Waals surface area contributed by atoms with Gasteiger partial charge >= 0.3 is 0 Å². The van der Waals surface area contributed by atoms with Crippen LogP contribution in [0.15, 0.2) is 30.3 Å². The van der Waals surface area contributed by atoms with E-state index in [-0.39, 0.29) is 22.1 Å². The molecule has 1 atom stereocenters. The molecule has 2 aromatic rings. The average Bonchev–Trinajstić information content (AvgIpc) is 3.48. The van der Waals surface area contributed by atoms with E-state index in [9.17, 15) is 9.90 Å². The number of hydrogen-bond donors (Lipinski definition) is 1. The van der Waals surface area contributed by atoms with E-state index in [1.54, 1.807) is 11.8 Å². The summed E-state index contributed by atoms with van der Waals surface area (Å²) in [5, 5.41) is 11.1. The van der Waals surface area contributed by atoms with Gasteiger partial charge in [-0.1, -0.05) is 48.0 Å². The first-order valence-electron chi connectivity index (χ1n) is 14.4. The summed E-state index contributed by atoms with van der Waals surface area (Å²) in [7, 11) is 2.12. The number of unbranched alkanes of at least 4 members (excludes halogenated alkanes) is 2. The summed E-state index contributed by atoms with van der Waals surface area (Å²) in [5.41, 5.74) is 3.66. The van der Waals surface area contributed by atoms with E-state index in [1.165, 1.54) is 0 Å². The molecule has 2 aromatic carbocycles. The van der Waals surface area contributed by atoms with E-state index < -0.39 is 0 Å². The van der Waals surface area contributed by atoms with Crippen molar-refractivity contribution in [2.45, 2.75) is 83.6 Å². The largest absolute Gasteiger partial charge is 0.507 e. The van der Waals surface area contributed by atoms with Crippen molar-refractivity contribution in [1.29, 1.82) is 0 Å². The first-order valence-corrected chi connectivity index (χ1v) is 15.4. The monoisotopic (exact) mass is 570 g/mol. The van der Waals surface area contributed by atoms with Gasteiger partial charge in [-0.05, 0) is 78.2 Å². The highest BCUT2D eigenvalue weighted by molar-refractivity contribution is 8.00. The first kappa shape index (κ1) is 30.5. The minimum absolute atomic E-state index is 0.00805. The van der Waals surface area contributed by atoms with Gasteiger partial charge in [0.2, 0.25) is 5.91 Å². The van der Waals surface area contributed by atoms with Crippen LogP contribution in [0.1, 0.15) is 88.4 Å². The summed E-state index contributed by atoms with van der Waals surface area (Å²) in [6.45, 7) is 16.4. The Morgan fingerprint density at radius 2 is 1.73 bits per heavy atom. The number of benzene rings is 2. The van der Waals surface area contributed by atoms with Crippen LogP contribution in [0.25, 0.3) is 0 Å². The summed E-state index contributed by atoms with van der Waals surface area (Å²) in [6.07, 6.45) is 3.10. The number of carbonyl (C=O) groups excluding carboxylic acids is 1. The molecule has 2 aliphatic heterocycles. The number of amides is 1. The summed E-state index contributed by atoms with van der Waals surface area (Å²) in [6, 6.07) is 10.0. The second kappa shape index (κ2) is 12.6. The molecule has 7 nitrogen and oxygen atoms in total. The molecule has 1 saturated heterocycles. The zero-order valence-electron chi connectivity index (χ0n) is 25.2. The zero-order valence-corrected chi connectivity index (χ0v) is 26.0. The predicted molar refractivity (Wildman–Crippen MR) is 161 cm³/mol. The number of phenolic OH excluding ortho intramolecular Hbond substituents is 1. The Bertz CT molecular complexity index is 1150. The number of nitrogens with zero attached hydrogens (tertiary/aromatic N) is 2. The molecule has 4 rings (SSSR count). The SMILES string of the molecule is CN(CCCCCN1C(=O)CSC1c1cc(C(C)(C)C)c(O)c(C(C)(C)C)c1)CCOc1ccc2c(c1)OOC2. The number of hydrogen-bond acceptors (Lipinski definition) is 7. The number of ether oxygens (including phenoxy) is 1. The summed E-state index contributed by atoms with van der Waals surface area (Å²) < 4.78 is 5.89. The molecule has 0 bridgehead atoms. The number of rotatable bonds is 11. The van der Waals surface area contributed by atoms with Crippen LogP contribution in [0.5, 0.6) is 17.2 Å². The van der Waals surface area contributed by atoms with Crippen LogP contribution in [-0.2, 0) is 27.1 Å². The van der Waals surface area contributed by atoms with Crippen LogP contribution in [0, 0.1) is 0 Å². The van der Waals surface area contributed by atoms with Crippen molar-refractivity contribution in [1.82, 2.24) is 9.80 Å². The topological polar surface area (TPSA) is 71.5 Å². The van der Waals surface area contributed by atoms with Crippen molar-refractivity contribution in [2.75, 3.05) is 39.0 Å². The normalized spacial score (nSPS) is 17.4. The van der Waals surface area contributed by atoms with Crippen molar-refractivity contribution < 1.29 is 24.4 Å². The van der Waals surface area contributed by atoms with Gasteiger partial charge in [0.25, 0.3) is 0 Å². The lowest BCUT2D eigenvalue weighted by Gasteiger charge is -2.31. The number of thioether (sulfide) groups is 1. The molecule has 1 amide bonds. The Balaban J connectivity index is 1.26. The lowest BCUT2D eigenvalue weighted by Crippen LogP contribution is -2.30. The fourth-order valence-corrected chi connectivity index (χ4v) is 6.36. The van der Waals surface area contributed by atoms with Gasteiger partial charge in [-0.2, -0.15) is 4.89 Å². The van der Waals surface area contributed by atoms with Gasteiger partial charge in [0.1, 0.15) is 30.1 Å². The van der Waals surface area contributed by atoms with E-state index in [0.717, 1.165) is 72.6 Å².